The number of nitrogens with zero attached hydrogens (tertiary/aromatic N) is 1. The summed E-state index contributed by atoms with van der Waals surface area (Å²) < 4.78 is 0. The van der Waals surface area contributed by atoms with Crippen LogP contribution in [0, 0.1) is 6.92 Å². The first-order chi connectivity index (χ1) is 5.68. The van der Waals surface area contributed by atoms with Crippen LogP contribution in [0.2, 0.25) is 0 Å². The Kier molecular flexibility index (Phi) is 1.18. The number of aromatic nitrogens is 4. The van der Waals surface area contributed by atoms with Gasteiger partial charge in [0.05, 0.1) is 11.2 Å². The highest BCUT2D eigenvalue weighted by atomic mass is 16.2. The van der Waals surface area contributed by atoms with E-state index in [1.54, 1.807) is 6.92 Å². The molecule has 0 amide bonds. The van der Waals surface area contributed by atoms with Crippen molar-refractivity contribution in [3.63, 3.8) is 0 Å². The van der Waals surface area contributed by atoms with Gasteiger partial charge in [0.1, 0.15) is 0 Å². The van der Waals surface area contributed by atoms with Gasteiger partial charge in [0, 0.05) is 0 Å². The standard InChI is InChI=1S/C6H6N4O2/c1-2-3-4(10-9-2)5(11)8-6(12)7-3/h1H3,(H,9,10)(H2,7,8,11,12). The molecule has 0 spiro atoms. The van der Waals surface area contributed by atoms with Gasteiger partial charge in [0.25, 0.3) is 5.56 Å². The smallest absolute Gasteiger partial charge is 0.304 e. The zero-order valence-corrected chi connectivity index (χ0v) is 6.26. The lowest BCUT2D eigenvalue weighted by molar-refractivity contribution is 1.05. The van der Waals surface area contributed by atoms with Crippen molar-refractivity contribution in [3.05, 3.63) is 26.5 Å². The number of H-pyrrole nitrogens is 3. The minimum Gasteiger partial charge on any atom is -0.304 e. The van der Waals surface area contributed by atoms with Crippen molar-refractivity contribution in [2.24, 2.45) is 0 Å². The molecule has 6 heteroatoms. The van der Waals surface area contributed by atoms with Crippen LogP contribution in [-0.4, -0.2) is 20.2 Å². The fourth-order valence-electron chi connectivity index (χ4n) is 1.05. The largest absolute Gasteiger partial charge is 0.326 e. The van der Waals surface area contributed by atoms with Crippen LogP contribution >= 0.6 is 0 Å². The summed E-state index contributed by atoms with van der Waals surface area (Å²) >= 11 is 0. The summed E-state index contributed by atoms with van der Waals surface area (Å²) in [7, 11) is 0. The molecule has 12 heavy (non-hydrogen) atoms. The third-order valence-corrected chi connectivity index (χ3v) is 1.63. The Morgan fingerprint density at radius 3 is 2.75 bits per heavy atom. The van der Waals surface area contributed by atoms with E-state index in [-0.39, 0.29) is 5.52 Å². The van der Waals surface area contributed by atoms with Crippen LogP contribution in [0.4, 0.5) is 0 Å². The number of fused-ring (bicyclic) bond motifs is 1. The molecule has 0 aromatic carbocycles. The third-order valence-electron chi connectivity index (χ3n) is 1.63. The van der Waals surface area contributed by atoms with Crippen molar-refractivity contribution in [2.75, 3.05) is 0 Å². The van der Waals surface area contributed by atoms with E-state index < -0.39 is 11.2 Å². The number of hydrogen-bond acceptors (Lipinski definition) is 3. The van der Waals surface area contributed by atoms with Crippen molar-refractivity contribution in [2.45, 2.75) is 6.92 Å². The Labute approximate surface area is 65.6 Å². The zero-order valence-electron chi connectivity index (χ0n) is 6.26. The van der Waals surface area contributed by atoms with Crippen LogP contribution in [0.3, 0.4) is 0 Å². The lowest BCUT2D eigenvalue weighted by Gasteiger charge is -1.86. The van der Waals surface area contributed by atoms with E-state index in [1.807, 2.05) is 0 Å². The van der Waals surface area contributed by atoms with Gasteiger partial charge in [-0.2, -0.15) is 5.10 Å². The fourth-order valence-corrected chi connectivity index (χ4v) is 1.05. The lowest BCUT2D eigenvalue weighted by atomic mass is 10.4. The Morgan fingerprint density at radius 2 is 2.00 bits per heavy atom. The second-order valence-corrected chi connectivity index (χ2v) is 2.48. The number of rotatable bonds is 0. The molecule has 0 aliphatic rings. The maximum Gasteiger partial charge on any atom is 0.326 e. The highest BCUT2D eigenvalue weighted by Crippen LogP contribution is 2.03. The van der Waals surface area contributed by atoms with E-state index in [9.17, 15) is 9.59 Å². The van der Waals surface area contributed by atoms with Gasteiger partial charge in [-0.15, -0.1) is 0 Å². The molecule has 0 aliphatic carbocycles. The molecule has 62 valence electrons. The summed E-state index contributed by atoms with van der Waals surface area (Å²) in [4.78, 5) is 26.4. The molecule has 3 N–H and O–H groups in total. The van der Waals surface area contributed by atoms with Gasteiger partial charge in [-0.1, -0.05) is 0 Å². The maximum atomic E-state index is 11.1. The van der Waals surface area contributed by atoms with Crippen LogP contribution in [0.25, 0.3) is 11.0 Å². The zero-order chi connectivity index (χ0) is 8.72. The summed E-state index contributed by atoms with van der Waals surface area (Å²) in [6, 6.07) is 0. The van der Waals surface area contributed by atoms with Gasteiger partial charge in [-0.25, -0.2) is 4.79 Å². The van der Waals surface area contributed by atoms with Crippen LogP contribution < -0.4 is 11.2 Å². The predicted molar refractivity (Wildman–Crippen MR) is 42.1 cm³/mol. The monoisotopic (exact) mass is 166 g/mol. The third kappa shape index (κ3) is 0.777. The summed E-state index contributed by atoms with van der Waals surface area (Å²) in [5.74, 6) is 0. The molecule has 6 nitrogen and oxygen atoms in total. The van der Waals surface area contributed by atoms with Gasteiger partial charge < -0.3 is 4.98 Å². The first-order valence-corrected chi connectivity index (χ1v) is 3.36. The lowest BCUT2D eigenvalue weighted by Crippen LogP contribution is -2.21. The minimum atomic E-state index is -0.517. The van der Waals surface area contributed by atoms with E-state index in [2.05, 4.69) is 20.2 Å². The first kappa shape index (κ1) is 6.84. The van der Waals surface area contributed by atoms with E-state index >= 15 is 0 Å². The SMILES string of the molecule is Cc1[nH]nc2c(=O)[nH]c(=O)[nH]c12. The van der Waals surface area contributed by atoms with Crippen LogP contribution in [0.15, 0.2) is 9.59 Å². The topological polar surface area (TPSA) is 94.4 Å². The molecule has 0 fully saturated rings. The average Bonchev–Trinajstić information content (AvgIpc) is 2.33. The van der Waals surface area contributed by atoms with Crippen molar-refractivity contribution < 1.29 is 0 Å². The van der Waals surface area contributed by atoms with E-state index in [0.717, 1.165) is 0 Å². The Bertz CT molecular complexity index is 532. The summed E-state index contributed by atoms with van der Waals surface area (Å²) in [6.45, 7) is 1.73. The summed E-state index contributed by atoms with van der Waals surface area (Å²) in [5.41, 5.74) is 0.374. The Balaban J connectivity index is 3.13. The number of hydrogen-bond donors (Lipinski definition) is 3. The minimum absolute atomic E-state index is 0.229. The molecule has 2 aromatic heterocycles. The van der Waals surface area contributed by atoms with Crippen LogP contribution in [0.1, 0.15) is 5.69 Å². The highest BCUT2D eigenvalue weighted by Gasteiger charge is 2.05. The number of nitrogens with one attached hydrogen (secondary N) is 3. The molecular weight excluding hydrogens is 160 g/mol. The molecule has 0 aliphatic heterocycles. The normalized spacial score (nSPS) is 10.8. The molecule has 0 bridgehead atoms. The second-order valence-electron chi connectivity index (χ2n) is 2.48. The first-order valence-electron chi connectivity index (χ1n) is 3.36. The van der Waals surface area contributed by atoms with Crippen molar-refractivity contribution in [3.8, 4) is 0 Å². The highest BCUT2D eigenvalue weighted by molar-refractivity contribution is 5.74. The average molecular weight is 166 g/mol. The molecular formula is C6H6N4O2. The van der Waals surface area contributed by atoms with Crippen molar-refractivity contribution in [1.29, 1.82) is 0 Å². The van der Waals surface area contributed by atoms with Crippen molar-refractivity contribution >= 4 is 11.0 Å². The molecule has 0 saturated carbocycles. The quantitative estimate of drug-likeness (QED) is 0.480. The molecule has 2 heterocycles. The molecule has 2 rings (SSSR count). The molecule has 0 radical (unpaired) electrons. The molecule has 0 saturated heterocycles. The number of aromatic amines is 3. The second kappa shape index (κ2) is 2.07. The van der Waals surface area contributed by atoms with Crippen LogP contribution in [0.5, 0.6) is 0 Å². The van der Waals surface area contributed by atoms with E-state index in [4.69, 9.17) is 0 Å². The summed E-state index contributed by atoms with van der Waals surface area (Å²) in [6.07, 6.45) is 0. The van der Waals surface area contributed by atoms with Gasteiger partial charge >= 0.3 is 5.69 Å². The van der Waals surface area contributed by atoms with Gasteiger partial charge in [0.2, 0.25) is 0 Å². The number of aryl methyl sites for hydroxylation is 1. The van der Waals surface area contributed by atoms with Crippen molar-refractivity contribution in [1.82, 2.24) is 20.2 Å². The van der Waals surface area contributed by atoms with Crippen LogP contribution in [-0.2, 0) is 0 Å². The van der Waals surface area contributed by atoms with E-state index in [0.29, 0.717) is 11.2 Å². The molecule has 2 aromatic rings. The molecule has 0 unspecified atom stereocenters. The van der Waals surface area contributed by atoms with Gasteiger partial charge in [-0.05, 0) is 6.92 Å². The summed E-state index contributed by atoms with van der Waals surface area (Å²) in [5, 5.41) is 6.32. The fraction of sp³-hybridized carbons (Fsp3) is 0.167. The Hall–Kier alpha value is -1.85. The van der Waals surface area contributed by atoms with Gasteiger partial charge in [-0.3, -0.25) is 14.9 Å². The maximum absolute atomic E-state index is 11.1. The predicted octanol–water partition coefficient (Wildman–Crippen LogP) is -0.752. The Morgan fingerprint density at radius 1 is 1.25 bits per heavy atom. The molecule has 0 atom stereocenters. The van der Waals surface area contributed by atoms with E-state index in [1.165, 1.54) is 0 Å². The van der Waals surface area contributed by atoms with Gasteiger partial charge in [0.15, 0.2) is 5.52 Å².